The molecule has 0 bridgehead atoms. The van der Waals surface area contributed by atoms with Crippen molar-refractivity contribution in [1.29, 1.82) is 0 Å². The number of alkyl halides is 3. The van der Waals surface area contributed by atoms with Crippen LogP contribution >= 0.6 is 0 Å². The molecule has 0 amide bonds. The third-order valence-corrected chi connectivity index (χ3v) is 3.24. The summed E-state index contributed by atoms with van der Waals surface area (Å²) in [6.07, 6.45) is -1.25. The summed E-state index contributed by atoms with van der Waals surface area (Å²) < 4.78 is 45.4. The third kappa shape index (κ3) is 4.38. The standard InChI is InChI=1S/C14H18F3NO2/c15-14(16,17)9-19-6-7-20-11-5-4-10-2-1-3-13(18)12(10)8-11/h4-5,8,13H,1-3,6-7,9,18H2. The molecule has 6 heteroatoms. The Morgan fingerprint density at radius 1 is 1.25 bits per heavy atom. The van der Waals surface area contributed by atoms with E-state index in [9.17, 15) is 13.2 Å². The van der Waals surface area contributed by atoms with Gasteiger partial charge in [0.25, 0.3) is 0 Å². The second-order valence-electron chi connectivity index (χ2n) is 4.88. The summed E-state index contributed by atoms with van der Waals surface area (Å²) in [5.41, 5.74) is 8.33. The van der Waals surface area contributed by atoms with Gasteiger partial charge in [-0.1, -0.05) is 6.07 Å². The van der Waals surface area contributed by atoms with E-state index in [2.05, 4.69) is 4.74 Å². The van der Waals surface area contributed by atoms with Crippen LogP contribution in [0.2, 0.25) is 0 Å². The minimum absolute atomic E-state index is 0.0174. The van der Waals surface area contributed by atoms with Crippen LogP contribution in [0.25, 0.3) is 0 Å². The maximum atomic E-state index is 11.9. The minimum atomic E-state index is -4.29. The number of ether oxygens (including phenoxy) is 2. The maximum absolute atomic E-state index is 11.9. The summed E-state index contributed by atoms with van der Waals surface area (Å²) in [6, 6.07) is 5.69. The molecule has 0 radical (unpaired) electrons. The number of benzene rings is 1. The predicted molar refractivity (Wildman–Crippen MR) is 68.7 cm³/mol. The molecule has 0 spiro atoms. The predicted octanol–water partition coefficient (Wildman–Crippen LogP) is 2.98. The summed E-state index contributed by atoms with van der Waals surface area (Å²) in [6.45, 7) is -1.25. The highest BCUT2D eigenvalue weighted by molar-refractivity contribution is 5.39. The number of halogens is 3. The molecule has 112 valence electrons. The van der Waals surface area contributed by atoms with Gasteiger partial charge in [0.15, 0.2) is 0 Å². The van der Waals surface area contributed by atoms with Crippen molar-refractivity contribution in [3.05, 3.63) is 29.3 Å². The second-order valence-corrected chi connectivity index (χ2v) is 4.88. The minimum Gasteiger partial charge on any atom is -0.491 e. The Morgan fingerprint density at radius 2 is 2.05 bits per heavy atom. The summed E-state index contributed by atoms with van der Waals surface area (Å²) in [7, 11) is 0. The second kappa shape index (κ2) is 6.45. The topological polar surface area (TPSA) is 44.5 Å². The van der Waals surface area contributed by atoms with Gasteiger partial charge in [0, 0.05) is 6.04 Å². The molecule has 2 N–H and O–H groups in total. The van der Waals surface area contributed by atoms with Gasteiger partial charge >= 0.3 is 6.18 Å². The van der Waals surface area contributed by atoms with Gasteiger partial charge in [0.05, 0.1) is 6.61 Å². The molecule has 1 atom stereocenters. The summed E-state index contributed by atoms with van der Waals surface area (Å²) in [4.78, 5) is 0. The van der Waals surface area contributed by atoms with E-state index < -0.39 is 12.8 Å². The van der Waals surface area contributed by atoms with E-state index >= 15 is 0 Å². The zero-order valence-electron chi connectivity index (χ0n) is 11.1. The monoisotopic (exact) mass is 289 g/mol. The number of hydrogen-bond donors (Lipinski definition) is 1. The van der Waals surface area contributed by atoms with Gasteiger partial charge in [0.1, 0.15) is 19.0 Å². The number of aryl methyl sites for hydroxylation is 1. The Balaban J connectivity index is 1.81. The van der Waals surface area contributed by atoms with Gasteiger partial charge in [-0.3, -0.25) is 0 Å². The quantitative estimate of drug-likeness (QED) is 0.848. The van der Waals surface area contributed by atoms with Crippen molar-refractivity contribution in [3.63, 3.8) is 0 Å². The highest BCUT2D eigenvalue weighted by Crippen LogP contribution is 2.30. The van der Waals surface area contributed by atoms with E-state index in [1.54, 1.807) is 0 Å². The number of rotatable bonds is 5. The zero-order chi connectivity index (χ0) is 14.6. The first-order valence-corrected chi connectivity index (χ1v) is 6.61. The molecule has 1 unspecified atom stereocenters. The Bertz CT molecular complexity index is 449. The lowest BCUT2D eigenvalue weighted by Crippen LogP contribution is -2.20. The van der Waals surface area contributed by atoms with Crippen LogP contribution in [0.1, 0.15) is 30.0 Å². The first kappa shape index (κ1) is 15.1. The van der Waals surface area contributed by atoms with Crippen molar-refractivity contribution < 1.29 is 22.6 Å². The van der Waals surface area contributed by atoms with Crippen molar-refractivity contribution >= 4 is 0 Å². The number of fused-ring (bicyclic) bond motifs is 1. The third-order valence-electron chi connectivity index (χ3n) is 3.24. The van der Waals surface area contributed by atoms with E-state index in [0.29, 0.717) is 5.75 Å². The molecule has 20 heavy (non-hydrogen) atoms. The van der Waals surface area contributed by atoms with E-state index in [-0.39, 0.29) is 19.3 Å². The summed E-state index contributed by atoms with van der Waals surface area (Å²) in [5.74, 6) is 0.622. The van der Waals surface area contributed by atoms with Crippen LogP contribution in [0.15, 0.2) is 18.2 Å². The van der Waals surface area contributed by atoms with Crippen molar-refractivity contribution in [2.45, 2.75) is 31.5 Å². The van der Waals surface area contributed by atoms with Crippen LogP contribution in [0.3, 0.4) is 0 Å². The molecule has 1 aliphatic carbocycles. The highest BCUT2D eigenvalue weighted by atomic mass is 19.4. The fourth-order valence-electron chi connectivity index (χ4n) is 2.31. The van der Waals surface area contributed by atoms with Crippen LogP contribution in [-0.4, -0.2) is 26.0 Å². The van der Waals surface area contributed by atoms with E-state index in [1.165, 1.54) is 5.56 Å². The molecule has 0 aromatic heterocycles. The lowest BCUT2D eigenvalue weighted by atomic mass is 9.88. The lowest BCUT2D eigenvalue weighted by molar-refractivity contribution is -0.175. The van der Waals surface area contributed by atoms with Crippen molar-refractivity contribution in [3.8, 4) is 5.75 Å². The molecule has 3 nitrogen and oxygen atoms in total. The molecule has 0 saturated heterocycles. The van der Waals surface area contributed by atoms with Gasteiger partial charge in [-0.25, -0.2) is 0 Å². The van der Waals surface area contributed by atoms with Crippen molar-refractivity contribution in [2.24, 2.45) is 5.73 Å². The van der Waals surface area contributed by atoms with Gasteiger partial charge < -0.3 is 15.2 Å². The lowest BCUT2D eigenvalue weighted by Gasteiger charge is -2.22. The number of nitrogens with two attached hydrogens (primary N) is 1. The molecule has 0 saturated carbocycles. The van der Waals surface area contributed by atoms with Crippen LogP contribution in [-0.2, 0) is 11.2 Å². The van der Waals surface area contributed by atoms with Crippen LogP contribution in [0.4, 0.5) is 13.2 Å². The molecule has 1 aliphatic rings. The normalized spacial score (nSPS) is 18.7. The fraction of sp³-hybridized carbons (Fsp3) is 0.571. The molecule has 0 heterocycles. The molecule has 0 fully saturated rings. The Kier molecular flexibility index (Phi) is 4.88. The zero-order valence-corrected chi connectivity index (χ0v) is 11.1. The summed E-state index contributed by atoms with van der Waals surface area (Å²) in [5, 5.41) is 0. The van der Waals surface area contributed by atoms with Gasteiger partial charge in [0.2, 0.25) is 0 Å². The Hall–Kier alpha value is -1.27. The Morgan fingerprint density at radius 3 is 2.80 bits per heavy atom. The molecular weight excluding hydrogens is 271 g/mol. The number of hydrogen-bond acceptors (Lipinski definition) is 3. The average Bonchev–Trinajstić information content (AvgIpc) is 2.38. The van der Waals surface area contributed by atoms with Gasteiger partial charge in [-0.15, -0.1) is 0 Å². The first-order valence-electron chi connectivity index (χ1n) is 6.61. The van der Waals surface area contributed by atoms with E-state index in [4.69, 9.17) is 10.5 Å². The van der Waals surface area contributed by atoms with Crippen LogP contribution < -0.4 is 10.5 Å². The maximum Gasteiger partial charge on any atom is 0.411 e. The highest BCUT2D eigenvalue weighted by Gasteiger charge is 2.27. The SMILES string of the molecule is NC1CCCc2ccc(OCCOCC(F)(F)F)cc21. The van der Waals surface area contributed by atoms with Crippen LogP contribution in [0.5, 0.6) is 5.75 Å². The molecule has 2 rings (SSSR count). The van der Waals surface area contributed by atoms with Gasteiger partial charge in [-0.2, -0.15) is 13.2 Å². The van der Waals surface area contributed by atoms with Crippen molar-refractivity contribution in [1.82, 2.24) is 0 Å². The van der Waals surface area contributed by atoms with Crippen LogP contribution in [0, 0.1) is 0 Å². The molecule has 1 aromatic carbocycles. The Labute approximate surface area is 115 Å². The average molecular weight is 289 g/mol. The smallest absolute Gasteiger partial charge is 0.411 e. The van der Waals surface area contributed by atoms with Crippen molar-refractivity contribution in [2.75, 3.05) is 19.8 Å². The summed E-state index contributed by atoms with van der Waals surface area (Å²) >= 11 is 0. The van der Waals surface area contributed by atoms with E-state index in [1.807, 2.05) is 18.2 Å². The molecular formula is C14H18F3NO2. The van der Waals surface area contributed by atoms with E-state index in [0.717, 1.165) is 24.8 Å². The first-order chi connectivity index (χ1) is 9.46. The molecule has 0 aliphatic heterocycles. The largest absolute Gasteiger partial charge is 0.491 e. The molecule has 1 aromatic rings. The van der Waals surface area contributed by atoms with Gasteiger partial charge in [-0.05, 0) is 42.5 Å². The fourth-order valence-corrected chi connectivity index (χ4v) is 2.31.